The zero-order valence-corrected chi connectivity index (χ0v) is 13.3. The Labute approximate surface area is 139 Å². The van der Waals surface area contributed by atoms with Gasteiger partial charge >= 0.3 is 0 Å². The van der Waals surface area contributed by atoms with Crippen LogP contribution in [-0.2, 0) is 6.42 Å². The van der Waals surface area contributed by atoms with E-state index in [1.54, 1.807) is 17.0 Å². The standard InChI is InChI=1S/C18H17ClFNO2/c19-15-2-1-3-16(20)17(15)18(23)21-9-8-13(11-21)10-12-4-6-14(22)7-5-12/h1-7,13,22H,8-11H2. The summed E-state index contributed by atoms with van der Waals surface area (Å²) in [5.74, 6) is -0.356. The van der Waals surface area contributed by atoms with Crippen LogP contribution in [0.25, 0.3) is 0 Å². The highest BCUT2D eigenvalue weighted by Crippen LogP contribution is 2.26. The van der Waals surface area contributed by atoms with Crippen LogP contribution >= 0.6 is 11.6 Å². The van der Waals surface area contributed by atoms with Gasteiger partial charge in [-0.25, -0.2) is 4.39 Å². The van der Waals surface area contributed by atoms with Gasteiger partial charge in [0.2, 0.25) is 0 Å². The number of hydrogen-bond donors (Lipinski definition) is 1. The molecule has 0 aliphatic carbocycles. The van der Waals surface area contributed by atoms with Gasteiger partial charge in [0.25, 0.3) is 5.91 Å². The van der Waals surface area contributed by atoms with Crippen LogP contribution in [0.4, 0.5) is 4.39 Å². The van der Waals surface area contributed by atoms with E-state index in [0.717, 1.165) is 18.4 Å². The third-order valence-corrected chi connectivity index (χ3v) is 4.53. The molecule has 3 rings (SSSR count). The second-order valence-electron chi connectivity index (χ2n) is 5.87. The van der Waals surface area contributed by atoms with Crippen LogP contribution in [0.15, 0.2) is 42.5 Å². The van der Waals surface area contributed by atoms with E-state index >= 15 is 0 Å². The molecule has 2 aromatic rings. The summed E-state index contributed by atoms with van der Waals surface area (Å²) in [5.41, 5.74) is 1.07. The summed E-state index contributed by atoms with van der Waals surface area (Å²) in [7, 11) is 0. The second-order valence-corrected chi connectivity index (χ2v) is 6.28. The maximum atomic E-state index is 13.9. The van der Waals surface area contributed by atoms with Crippen LogP contribution in [0.1, 0.15) is 22.3 Å². The predicted octanol–water partition coefficient (Wildman–Crippen LogP) is 3.89. The number of benzene rings is 2. The smallest absolute Gasteiger partial charge is 0.258 e. The second kappa shape index (κ2) is 6.59. The van der Waals surface area contributed by atoms with Gasteiger partial charge in [-0.1, -0.05) is 29.8 Å². The van der Waals surface area contributed by atoms with Crippen molar-refractivity contribution in [3.63, 3.8) is 0 Å². The molecule has 2 aromatic carbocycles. The quantitative estimate of drug-likeness (QED) is 0.925. The van der Waals surface area contributed by atoms with Crippen molar-refractivity contribution in [1.82, 2.24) is 4.90 Å². The summed E-state index contributed by atoms with van der Waals surface area (Å²) in [6.45, 7) is 1.19. The van der Waals surface area contributed by atoms with Crippen LogP contribution in [0.5, 0.6) is 5.75 Å². The fraction of sp³-hybridized carbons (Fsp3) is 0.278. The summed E-state index contributed by atoms with van der Waals surface area (Å²) in [4.78, 5) is 14.2. The average Bonchev–Trinajstić information content (AvgIpc) is 2.98. The van der Waals surface area contributed by atoms with Crippen LogP contribution < -0.4 is 0 Å². The number of phenols is 1. The molecule has 1 saturated heterocycles. The molecular weight excluding hydrogens is 317 g/mol. The first kappa shape index (κ1) is 15.8. The molecule has 0 bridgehead atoms. The summed E-state index contributed by atoms with van der Waals surface area (Å²) in [6, 6.07) is 11.4. The number of carbonyl (C=O) groups is 1. The SMILES string of the molecule is O=C(c1c(F)cccc1Cl)N1CCC(Cc2ccc(O)cc2)C1. The molecule has 3 nitrogen and oxygen atoms in total. The first-order chi connectivity index (χ1) is 11.0. The molecule has 1 aliphatic rings. The topological polar surface area (TPSA) is 40.5 Å². The van der Waals surface area contributed by atoms with E-state index in [2.05, 4.69) is 0 Å². The van der Waals surface area contributed by atoms with Crippen molar-refractivity contribution in [2.24, 2.45) is 5.92 Å². The van der Waals surface area contributed by atoms with Gasteiger partial charge in [-0.2, -0.15) is 0 Å². The number of nitrogens with zero attached hydrogens (tertiary/aromatic N) is 1. The van der Waals surface area contributed by atoms with Gasteiger partial charge in [0.1, 0.15) is 11.6 Å². The van der Waals surface area contributed by atoms with Gasteiger partial charge in [-0.05, 0) is 48.6 Å². The van der Waals surface area contributed by atoms with E-state index in [1.165, 1.54) is 18.2 Å². The largest absolute Gasteiger partial charge is 0.508 e. The minimum Gasteiger partial charge on any atom is -0.508 e. The predicted molar refractivity (Wildman–Crippen MR) is 87.2 cm³/mol. The first-order valence-corrected chi connectivity index (χ1v) is 7.93. The molecule has 1 aliphatic heterocycles. The molecule has 1 unspecified atom stereocenters. The number of likely N-dealkylation sites (tertiary alicyclic amines) is 1. The third-order valence-electron chi connectivity index (χ3n) is 4.21. The Morgan fingerprint density at radius 3 is 2.70 bits per heavy atom. The Bertz CT molecular complexity index is 697. The molecule has 1 atom stereocenters. The molecule has 5 heteroatoms. The third kappa shape index (κ3) is 3.48. The van der Waals surface area contributed by atoms with Crippen LogP contribution in [0.2, 0.25) is 5.02 Å². The number of aromatic hydroxyl groups is 1. The molecular formula is C18H17ClFNO2. The van der Waals surface area contributed by atoms with Crippen molar-refractivity contribution in [2.45, 2.75) is 12.8 Å². The van der Waals surface area contributed by atoms with E-state index in [-0.39, 0.29) is 22.2 Å². The molecule has 120 valence electrons. The highest BCUT2D eigenvalue weighted by atomic mass is 35.5. The molecule has 1 fully saturated rings. The summed E-state index contributed by atoms with van der Waals surface area (Å²) in [6.07, 6.45) is 1.70. The molecule has 0 saturated carbocycles. The zero-order valence-electron chi connectivity index (χ0n) is 12.5. The molecule has 1 N–H and O–H groups in total. The number of rotatable bonds is 3. The molecule has 1 heterocycles. The lowest BCUT2D eigenvalue weighted by molar-refractivity contribution is 0.0782. The van der Waals surface area contributed by atoms with Gasteiger partial charge in [0, 0.05) is 13.1 Å². The Kier molecular flexibility index (Phi) is 4.53. The Morgan fingerprint density at radius 2 is 2.00 bits per heavy atom. The minimum absolute atomic E-state index is 0.0422. The summed E-state index contributed by atoms with van der Waals surface area (Å²) >= 11 is 5.97. The Morgan fingerprint density at radius 1 is 1.26 bits per heavy atom. The lowest BCUT2D eigenvalue weighted by Gasteiger charge is -2.18. The first-order valence-electron chi connectivity index (χ1n) is 7.56. The van der Waals surface area contributed by atoms with Crippen LogP contribution in [-0.4, -0.2) is 29.0 Å². The molecule has 0 spiro atoms. The molecule has 0 radical (unpaired) electrons. The van der Waals surface area contributed by atoms with Crippen molar-refractivity contribution in [3.8, 4) is 5.75 Å². The van der Waals surface area contributed by atoms with Crippen LogP contribution in [0.3, 0.4) is 0 Å². The highest BCUT2D eigenvalue weighted by molar-refractivity contribution is 6.33. The minimum atomic E-state index is -0.579. The lowest BCUT2D eigenvalue weighted by atomic mass is 9.99. The number of hydrogen-bond acceptors (Lipinski definition) is 2. The maximum Gasteiger partial charge on any atom is 0.258 e. The van der Waals surface area contributed by atoms with Crippen molar-refractivity contribution < 1.29 is 14.3 Å². The Hall–Kier alpha value is -2.07. The summed E-state index contributed by atoms with van der Waals surface area (Å²) in [5, 5.41) is 9.46. The zero-order chi connectivity index (χ0) is 16.4. The van der Waals surface area contributed by atoms with E-state index in [0.29, 0.717) is 19.0 Å². The van der Waals surface area contributed by atoms with E-state index in [1.807, 2.05) is 12.1 Å². The van der Waals surface area contributed by atoms with Gasteiger partial charge in [0.15, 0.2) is 0 Å². The molecule has 0 aromatic heterocycles. The monoisotopic (exact) mass is 333 g/mol. The van der Waals surface area contributed by atoms with E-state index < -0.39 is 5.82 Å². The van der Waals surface area contributed by atoms with Crippen molar-refractivity contribution in [1.29, 1.82) is 0 Å². The molecule has 23 heavy (non-hydrogen) atoms. The number of carbonyl (C=O) groups excluding carboxylic acids is 1. The summed E-state index contributed by atoms with van der Waals surface area (Å²) < 4.78 is 13.9. The number of halogens is 2. The fourth-order valence-electron chi connectivity index (χ4n) is 3.01. The van der Waals surface area contributed by atoms with E-state index in [9.17, 15) is 14.3 Å². The number of phenolic OH excluding ortho intramolecular Hbond substituents is 1. The van der Waals surface area contributed by atoms with Gasteiger partial charge in [0.05, 0.1) is 10.6 Å². The lowest BCUT2D eigenvalue weighted by Crippen LogP contribution is -2.30. The highest BCUT2D eigenvalue weighted by Gasteiger charge is 2.29. The maximum absolute atomic E-state index is 13.9. The van der Waals surface area contributed by atoms with Crippen molar-refractivity contribution in [3.05, 3.63) is 64.4 Å². The van der Waals surface area contributed by atoms with Crippen molar-refractivity contribution in [2.75, 3.05) is 13.1 Å². The fourth-order valence-corrected chi connectivity index (χ4v) is 3.25. The Balaban J connectivity index is 1.67. The van der Waals surface area contributed by atoms with Crippen molar-refractivity contribution >= 4 is 17.5 Å². The van der Waals surface area contributed by atoms with E-state index in [4.69, 9.17) is 11.6 Å². The van der Waals surface area contributed by atoms with Crippen LogP contribution in [0, 0.1) is 11.7 Å². The average molecular weight is 334 g/mol. The van der Waals surface area contributed by atoms with Gasteiger partial charge < -0.3 is 10.0 Å². The molecule has 1 amide bonds. The number of amides is 1. The van der Waals surface area contributed by atoms with Gasteiger partial charge in [-0.15, -0.1) is 0 Å². The normalized spacial score (nSPS) is 17.5. The van der Waals surface area contributed by atoms with Gasteiger partial charge in [-0.3, -0.25) is 4.79 Å².